The number of urea groups is 1. The number of benzene rings is 2. The lowest BCUT2D eigenvalue weighted by Gasteiger charge is -2.30. The molecule has 7 nitrogen and oxygen atoms in total. The summed E-state index contributed by atoms with van der Waals surface area (Å²) in [5, 5.41) is 5.00. The van der Waals surface area contributed by atoms with Crippen LogP contribution in [0.5, 0.6) is 0 Å². The van der Waals surface area contributed by atoms with E-state index in [0.29, 0.717) is 37.2 Å². The number of carbonyl (C=O) groups is 3. The highest BCUT2D eigenvalue weighted by Crippen LogP contribution is 2.30. The van der Waals surface area contributed by atoms with Gasteiger partial charge in [-0.2, -0.15) is 13.2 Å². The van der Waals surface area contributed by atoms with Gasteiger partial charge in [-0.1, -0.05) is 6.07 Å². The van der Waals surface area contributed by atoms with Crippen molar-refractivity contribution < 1.29 is 32.3 Å². The number of alkyl halides is 3. The number of amides is 3. The third-order valence-electron chi connectivity index (χ3n) is 5.15. The van der Waals surface area contributed by atoms with Gasteiger partial charge in [0.2, 0.25) is 0 Å². The monoisotopic (exact) mass is 449 g/mol. The molecule has 0 atom stereocenters. The number of hydrogen-bond acceptors (Lipinski definition) is 4. The third-order valence-corrected chi connectivity index (χ3v) is 5.15. The summed E-state index contributed by atoms with van der Waals surface area (Å²) in [6.07, 6.45) is -3.42. The van der Waals surface area contributed by atoms with Crippen LogP contribution >= 0.6 is 0 Å². The summed E-state index contributed by atoms with van der Waals surface area (Å²) in [5.74, 6) is -0.714. The van der Waals surface area contributed by atoms with E-state index in [2.05, 4.69) is 10.6 Å². The van der Waals surface area contributed by atoms with Crippen molar-refractivity contribution in [1.29, 1.82) is 0 Å². The van der Waals surface area contributed by atoms with E-state index in [1.165, 1.54) is 13.2 Å². The summed E-state index contributed by atoms with van der Waals surface area (Å²) in [6, 6.07) is 9.73. The van der Waals surface area contributed by atoms with Gasteiger partial charge in [-0.3, -0.25) is 9.59 Å². The molecular formula is C22H22F3N3O4. The van der Waals surface area contributed by atoms with Crippen molar-refractivity contribution in [2.24, 2.45) is 5.92 Å². The first-order chi connectivity index (χ1) is 15.2. The molecule has 1 heterocycles. The fraction of sp³-hybridized carbons (Fsp3) is 0.318. The Balaban J connectivity index is 1.58. The van der Waals surface area contributed by atoms with Gasteiger partial charge in [-0.15, -0.1) is 0 Å². The summed E-state index contributed by atoms with van der Waals surface area (Å²) in [6.45, 7) is 0.843. The number of rotatable bonds is 4. The van der Waals surface area contributed by atoms with Crippen LogP contribution in [0.25, 0.3) is 0 Å². The summed E-state index contributed by atoms with van der Waals surface area (Å²) in [7, 11) is 1.34. The van der Waals surface area contributed by atoms with E-state index in [1.807, 2.05) is 0 Å². The molecule has 0 spiro atoms. The lowest BCUT2D eigenvalue weighted by Crippen LogP contribution is -2.40. The number of esters is 1. The zero-order valence-electron chi connectivity index (χ0n) is 17.2. The molecule has 2 aromatic carbocycles. The number of piperidine rings is 1. The van der Waals surface area contributed by atoms with Gasteiger partial charge in [0.05, 0.1) is 18.6 Å². The quantitative estimate of drug-likeness (QED) is 0.679. The number of nitrogens with zero attached hydrogens (tertiary/aromatic N) is 1. The Morgan fingerprint density at radius 3 is 2.19 bits per heavy atom. The molecule has 0 aromatic heterocycles. The molecule has 3 amide bonds. The molecule has 1 aliphatic rings. The molecule has 2 N–H and O–H groups in total. The second-order valence-electron chi connectivity index (χ2n) is 7.32. The molecule has 0 radical (unpaired) electrons. The Hall–Kier alpha value is -3.56. The molecule has 0 bridgehead atoms. The first-order valence-electron chi connectivity index (χ1n) is 9.90. The summed E-state index contributed by atoms with van der Waals surface area (Å²) >= 11 is 0. The van der Waals surface area contributed by atoms with Crippen LogP contribution in [0.3, 0.4) is 0 Å². The maximum absolute atomic E-state index is 12.8. The molecule has 0 unspecified atom stereocenters. The van der Waals surface area contributed by atoms with Crippen molar-refractivity contribution in [2.75, 3.05) is 30.8 Å². The molecular weight excluding hydrogens is 427 g/mol. The van der Waals surface area contributed by atoms with Crippen LogP contribution in [-0.4, -0.2) is 43.0 Å². The van der Waals surface area contributed by atoms with Crippen LogP contribution in [0.15, 0.2) is 48.5 Å². The normalized spacial score (nSPS) is 14.6. The number of carbonyl (C=O) groups excluding carboxylic acids is 3. The van der Waals surface area contributed by atoms with E-state index in [9.17, 15) is 27.6 Å². The van der Waals surface area contributed by atoms with Gasteiger partial charge in [0.1, 0.15) is 0 Å². The third kappa shape index (κ3) is 5.77. The van der Waals surface area contributed by atoms with E-state index in [-0.39, 0.29) is 23.5 Å². The summed E-state index contributed by atoms with van der Waals surface area (Å²) < 4.78 is 42.6. The first-order valence-corrected chi connectivity index (χ1v) is 9.90. The topological polar surface area (TPSA) is 87.7 Å². The highest BCUT2D eigenvalue weighted by atomic mass is 19.4. The van der Waals surface area contributed by atoms with Gasteiger partial charge < -0.3 is 20.3 Å². The van der Waals surface area contributed by atoms with Crippen LogP contribution in [0.2, 0.25) is 0 Å². The number of hydrogen-bond donors (Lipinski definition) is 2. The van der Waals surface area contributed by atoms with E-state index >= 15 is 0 Å². The highest BCUT2D eigenvalue weighted by molar-refractivity contribution is 6.01. The average molecular weight is 449 g/mol. The van der Waals surface area contributed by atoms with E-state index < -0.39 is 17.8 Å². The van der Waals surface area contributed by atoms with Gasteiger partial charge >= 0.3 is 18.2 Å². The Morgan fingerprint density at radius 1 is 0.969 bits per heavy atom. The van der Waals surface area contributed by atoms with Gasteiger partial charge in [0.25, 0.3) is 5.91 Å². The van der Waals surface area contributed by atoms with Gasteiger partial charge in [-0.25, -0.2) is 4.79 Å². The standard InChI is InChI=1S/C22H22F3N3O4/c1-32-20(30)14-9-11-28(12-10-14)19(29)15-3-2-4-18(13-15)27-21(31)26-17-7-5-16(6-8-17)22(23,24)25/h2-8,13-14H,9-12H2,1H3,(H2,26,27,31). The molecule has 0 saturated carbocycles. The van der Waals surface area contributed by atoms with Gasteiger partial charge in [0.15, 0.2) is 0 Å². The average Bonchev–Trinajstić information content (AvgIpc) is 2.78. The molecule has 170 valence electrons. The van der Waals surface area contributed by atoms with Crippen molar-refractivity contribution >= 4 is 29.3 Å². The number of nitrogens with one attached hydrogen (secondary N) is 2. The molecule has 1 saturated heterocycles. The fourth-order valence-electron chi connectivity index (χ4n) is 3.43. The molecule has 0 aliphatic carbocycles. The first kappa shape index (κ1) is 23.1. The number of anilines is 2. The molecule has 10 heteroatoms. The number of methoxy groups -OCH3 is 1. The highest BCUT2D eigenvalue weighted by Gasteiger charge is 2.30. The zero-order chi connectivity index (χ0) is 23.3. The van der Waals surface area contributed by atoms with Crippen LogP contribution in [0.1, 0.15) is 28.8 Å². The van der Waals surface area contributed by atoms with Crippen LogP contribution in [0, 0.1) is 5.92 Å². The van der Waals surface area contributed by atoms with E-state index in [0.717, 1.165) is 24.3 Å². The predicted molar refractivity (Wildman–Crippen MR) is 111 cm³/mol. The molecule has 2 aromatic rings. The summed E-state index contributed by atoms with van der Waals surface area (Å²) in [4.78, 5) is 38.2. The van der Waals surface area contributed by atoms with Crippen molar-refractivity contribution in [1.82, 2.24) is 4.90 Å². The van der Waals surface area contributed by atoms with E-state index in [1.54, 1.807) is 23.1 Å². The molecule has 3 rings (SSSR count). The number of likely N-dealkylation sites (tertiary alicyclic amines) is 1. The minimum atomic E-state index is -4.46. The van der Waals surface area contributed by atoms with Crippen LogP contribution in [0.4, 0.5) is 29.3 Å². The van der Waals surface area contributed by atoms with Crippen molar-refractivity contribution in [2.45, 2.75) is 19.0 Å². The largest absolute Gasteiger partial charge is 0.469 e. The van der Waals surface area contributed by atoms with Crippen LogP contribution < -0.4 is 10.6 Å². The van der Waals surface area contributed by atoms with E-state index in [4.69, 9.17) is 4.74 Å². The Morgan fingerprint density at radius 2 is 1.59 bits per heavy atom. The molecule has 1 fully saturated rings. The summed E-state index contributed by atoms with van der Waals surface area (Å²) in [5.41, 5.74) is 0.0973. The SMILES string of the molecule is COC(=O)C1CCN(C(=O)c2cccc(NC(=O)Nc3ccc(C(F)(F)F)cc3)c2)CC1. The zero-order valence-corrected chi connectivity index (χ0v) is 17.2. The molecule has 32 heavy (non-hydrogen) atoms. The Labute approximate surface area is 182 Å². The second-order valence-corrected chi connectivity index (χ2v) is 7.32. The van der Waals surface area contributed by atoms with Crippen molar-refractivity contribution in [3.8, 4) is 0 Å². The minimum Gasteiger partial charge on any atom is -0.469 e. The lowest BCUT2D eigenvalue weighted by molar-refractivity contribution is -0.146. The van der Waals surface area contributed by atoms with Crippen molar-refractivity contribution in [3.63, 3.8) is 0 Å². The van der Waals surface area contributed by atoms with Crippen molar-refractivity contribution in [3.05, 3.63) is 59.7 Å². The van der Waals surface area contributed by atoms with Gasteiger partial charge in [0, 0.05) is 30.0 Å². The lowest BCUT2D eigenvalue weighted by atomic mass is 9.96. The number of ether oxygens (including phenoxy) is 1. The minimum absolute atomic E-state index is 0.191. The Kier molecular flexibility index (Phi) is 7.01. The second kappa shape index (κ2) is 9.71. The fourth-order valence-corrected chi connectivity index (χ4v) is 3.43. The van der Waals surface area contributed by atoms with Gasteiger partial charge in [-0.05, 0) is 55.3 Å². The molecule has 1 aliphatic heterocycles. The predicted octanol–water partition coefficient (Wildman–Crippen LogP) is 4.37. The Bertz CT molecular complexity index is 985. The smallest absolute Gasteiger partial charge is 0.416 e. The number of halogens is 3. The van der Waals surface area contributed by atoms with Crippen LogP contribution in [-0.2, 0) is 15.7 Å². The maximum atomic E-state index is 12.8. The maximum Gasteiger partial charge on any atom is 0.416 e.